The molecule has 39 heavy (non-hydrogen) atoms. The first-order chi connectivity index (χ1) is 18.9. The van der Waals surface area contributed by atoms with Crippen LogP contribution in [0.3, 0.4) is 0 Å². The molecule has 0 aliphatic heterocycles. The Morgan fingerprint density at radius 1 is 0.923 bits per heavy atom. The van der Waals surface area contributed by atoms with Crippen molar-refractivity contribution in [2.45, 2.75) is 39.7 Å². The van der Waals surface area contributed by atoms with Gasteiger partial charge in [-0.1, -0.05) is 36.4 Å². The number of nitrogens with zero attached hydrogens (tertiary/aromatic N) is 3. The van der Waals surface area contributed by atoms with E-state index in [1.165, 1.54) is 59.0 Å². The second kappa shape index (κ2) is 20.7. The van der Waals surface area contributed by atoms with Crippen molar-refractivity contribution in [3.8, 4) is 11.5 Å². The molecule has 0 spiro atoms. The summed E-state index contributed by atoms with van der Waals surface area (Å²) in [5.74, 6) is 1.16. The molecule has 0 aliphatic rings. The molecule has 3 N–H and O–H groups in total. The molecule has 0 bridgehead atoms. The highest BCUT2D eigenvalue weighted by molar-refractivity contribution is 5.48. The number of aryl methyl sites for hydroxylation is 3. The van der Waals surface area contributed by atoms with E-state index in [2.05, 4.69) is 71.4 Å². The van der Waals surface area contributed by atoms with Crippen molar-refractivity contribution in [3.05, 3.63) is 108 Å². The fourth-order valence-corrected chi connectivity index (χ4v) is 3.06. The van der Waals surface area contributed by atoms with Crippen LogP contribution in [0.5, 0.6) is 11.5 Å². The molecule has 0 unspecified atom stereocenters. The number of hydrogen-bond acceptors (Lipinski definition) is 6. The first kappa shape index (κ1) is 32.7. The minimum Gasteiger partial charge on any atom is -0.457 e. The number of carbonyl (C=O) groups excluding carboxylic acids is 2. The smallest absolute Gasteiger partial charge is 0.204 e. The Morgan fingerprint density at radius 3 is 1.95 bits per heavy atom. The van der Waals surface area contributed by atoms with Crippen molar-refractivity contribution < 1.29 is 18.7 Å². The van der Waals surface area contributed by atoms with Gasteiger partial charge in [-0.3, -0.25) is 4.79 Å². The minimum absolute atomic E-state index is 0.250. The van der Waals surface area contributed by atoms with Crippen LogP contribution in [0.25, 0.3) is 0 Å². The Kier molecular flexibility index (Phi) is 17.3. The first-order valence-electron chi connectivity index (χ1n) is 12.5. The van der Waals surface area contributed by atoms with Crippen LogP contribution >= 0.6 is 0 Å². The molecule has 4 aromatic rings. The maximum atomic E-state index is 12.8. The van der Waals surface area contributed by atoms with Gasteiger partial charge >= 0.3 is 0 Å². The van der Waals surface area contributed by atoms with Crippen molar-refractivity contribution in [1.82, 2.24) is 20.1 Å². The Labute approximate surface area is 230 Å². The summed E-state index contributed by atoms with van der Waals surface area (Å²) in [5.41, 5.74) is 8.22. The topological polar surface area (TPSA) is 112 Å². The molecule has 4 rings (SSSR count). The summed E-state index contributed by atoms with van der Waals surface area (Å²) in [5, 5.41) is 6.83. The van der Waals surface area contributed by atoms with Crippen LogP contribution in [0.15, 0.2) is 85.5 Å². The van der Waals surface area contributed by atoms with Crippen LogP contribution in [0.4, 0.5) is 4.39 Å². The third-order valence-electron chi connectivity index (χ3n) is 5.27. The average Bonchev–Trinajstić information content (AvgIpc) is 3.46. The fourth-order valence-electron chi connectivity index (χ4n) is 3.06. The highest BCUT2D eigenvalue weighted by Crippen LogP contribution is 2.22. The minimum atomic E-state index is -0.255. The number of ether oxygens (including phenoxy) is 1. The third-order valence-corrected chi connectivity index (χ3v) is 5.27. The Balaban J connectivity index is 0.000000327. The summed E-state index contributed by atoms with van der Waals surface area (Å²) in [6, 6.07) is 22.5. The van der Waals surface area contributed by atoms with Gasteiger partial charge in [0.25, 0.3) is 0 Å². The Hall–Kier alpha value is -4.37. The largest absolute Gasteiger partial charge is 0.457 e. The second-order valence-corrected chi connectivity index (χ2v) is 8.27. The number of amides is 1. The van der Waals surface area contributed by atoms with Gasteiger partial charge in [-0.15, -0.1) is 0 Å². The van der Waals surface area contributed by atoms with E-state index in [1.807, 2.05) is 19.2 Å². The van der Waals surface area contributed by atoms with Crippen LogP contribution in [0.2, 0.25) is 0 Å². The highest BCUT2D eigenvalue weighted by atomic mass is 19.1. The number of nitrogens with one attached hydrogen (secondary N) is 1. The number of rotatable bonds is 9. The lowest BCUT2D eigenvalue weighted by atomic mass is 10.1. The molecule has 3 aromatic carbocycles. The molecule has 0 radical (unpaired) electrons. The Bertz CT molecular complexity index is 1150. The number of aldehydes is 1. The van der Waals surface area contributed by atoms with E-state index in [0.29, 0.717) is 12.3 Å². The molecule has 0 atom stereocenters. The summed E-state index contributed by atoms with van der Waals surface area (Å²) in [6.07, 6.45) is 7.36. The summed E-state index contributed by atoms with van der Waals surface area (Å²) in [4.78, 5) is 22.0. The molecule has 208 valence electrons. The van der Waals surface area contributed by atoms with E-state index >= 15 is 0 Å². The van der Waals surface area contributed by atoms with Crippen molar-refractivity contribution in [2.75, 3.05) is 13.6 Å². The predicted octanol–water partition coefficient (Wildman–Crippen LogP) is 5.04. The third kappa shape index (κ3) is 15.5. The zero-order chi connectivity index (χ0) is 28.7. The molecule has 9 heteroatoms. The molecule has 1 heterocycles. The van der Waals surface area contributed by atoms with E-state index in [0.717, 1.165) is 25.0 Å². The Morgan fingerprint density at radius 2 is 1.49 bits per heavy atom. The summed E-state index contributed by atoms with van der Waals surface area (Å²) in [7, 11) is 1.97. The molecule has 0 saturated heterocycles. The maximum absolute atomic E-state index is 12.8. The van der Waals surface area contributed by atoms with Crippen LogP contribution in [-0.2, 0) is 22.6 Å². The van der Waals surface area contributed by atoms with Gasteiger partial charge < -0.3 is 20.6 Å². The number of carbonyl (C=O) groups is 2. The average molecular weight is 536 g/mol. The SMILES string of the molecule is CNCCCCc1ccc(Oc2ccc(F)cc2)cc1.Cc1ccccc1C.NC=O.O=CCn1cncn1. The van der Waals surface area contributed by atoms with Crippen molar-refractivity contribution >= 4 is 12.7 Å². The van der Waals surface area contributed by atoms with Gasteiger partial charge in [-0.25, -0.2) is 14.1 Å². The molecule has 0 fully saturated rings. The number of aromatic nitrogens is 3. The van der Waals surface area contributed by atoms with Crippen LogP contribution < -0.4 is 15.8 Å². The molecule has 0 saturated carbocycles. The lowest BCUT2D eigenvalue weighted by Crippen LogP contribution is -2.07. The zero-order valence-corrected chi connectivity index (χ0v) is 22.8. The van der Waals surface area contributed by atoms with E-state index in [1.54, 1.807) is 12.1 Å². The van der Waals surface area contributed by atoms with E-state index in [4.69, 9.17) is 9.53 Å². The zero-order valence-electron chi connectivity index (χ0n) is 22.8. The number of benzene rings is 3. The normalized spacial score (nSPS) is 9.44. The lowest BCUT2D eigenvalue weighted by molar-refractivity contribution is -0.108. The van der Waals surface area contributed by atoms with E-state index < -0.39 is 0 Å². The van der Waals surface area contributed by atoms with Crippen LogP contribution in [-0.4, -0.2) is 41.1 Å². The van der Waals surface area contributed by atoms with Crippen molar-refractivity contribution in [1.29, 1.82) is 0 Å². The predicted molar refractivity (Wildman–Crippen MR) is 152 cm³/mol. The van der Waals surface area contributed by atoms with Crippen molar-refractivity contribution in [2.24, 2.45) is 5.73 Å². The number of hydrogen-bond donors (Lipinski definition) is 2. The van der Waals surface area contributed by atoms with Gasteiger partial charge in [0.1, 0.15) is 36.3 Å². The summed E-state index contributed by atoms with van der Waals surface area (Å²) >= 11 is 0. The maximum Gasteiger partial charge on any atom is 0.204 e. The molecular formula is C30H38FN5O3. The number of primary amides is 1. The summed E-state index contributed by atoms with van der Waals surface area (Å²) < 4.78 is 19.9. The molecule has 1 amide bonds. The van der Waals surface area contributed by atoms with E-state index in [9.17, 15) is 9.18 Å². The lowest BCUT2D eigenvalue weighted by Gasteiger charge is -2.07. The molecule has 0 aliphatic carbocycles. The quantitative estimate of drug-likeness (QED) is 0.229. The van der Waals surface area contributed by atoms with Crippen LogP contribution in [0, 0.1) is 19.7 Å². The van der Waals surface area contributed by atoms with Gasteiger partial charge in [-0.05, 0) is 99.8 Å². The monoisotopic (exact) mass is 535 g/mol. The van der Waals surface area contributed by atoms with Gasteiger partial charge in [0.05, 0.1) is 6.54 Å². The first-order valence-corrected chi connectivity index (χ1v) is 12.5. The molecule has 1 aromatic heterocycles. The number of unbranched alkanes of at least 4 members (excludes halogenated alkanes) is 1. The van der Waals surface area contributed by atoms with Gasteiger partial charge in [0, 0.05) is 0 Å². The van der Waals surface area contributed by atoms with E-state index in [-0.39, 0.29) is 12.2 Å². The number of halogens is 1. The molecular weight excluding hydrogens is 497 g/mol. The highest BCUT2D eigenvalue weighted by Gasteiger charge is 1.99. The second-order valence-electron chi connectivity index (χ2n) is 8.27. The fraction of sp³-hybridized carbons (Fsp3) is 0.267. The number of nitrogens with two attached hydrogens (primary N) is 1. The van der Waals surface area contributed by atoms with Gasteiger partial charge in [-0.2, -0.15) is 5.10 Å². The summed E-state index contributed by atoms with van der Waals surface area (Å²) in [6.45, 7) is 5.59. The van der Waals surface area contributed by atoms with Crippen LogP contribution in [0.1, 0.15) is 29.5 Å². The molecule has 8 nitrogen and oxygen atoms in total. The standard InChI is InChI=1S/C17H20FNO.C8H10.C4H5N3O.CH3NO/c1-19-13-3-2-4-14-5-9-16(10-6-14)20-17-11-7-15(18)8-12-17;1-7-5-3-4-6-8(7)2;8-2-1-7-4-5-3-6-7;2-1-3/h5-12,19H,2-4,13H2,1H3;3-6H,1-2H3;2-4H,1H2;1H,(H2,2,3). The van der Waals surface area contributed by atoms with Crippen molar-refractivity contribution in [3.63, 3.8) is 0 Å². The van der Waals surface area contributed by atoms with Gasteiger partial charge in [0.15, 0.2) is 0 Å². The van der Waals surface area contributed by atoms with Gasteiger partial charge in [0.2, 0.25) is 6.41 Å².